The fourth-order valence-electron chi connectivity index (χ4n) is 1.21. The first-order valence-electron chi connectivity index (χ1n) is 5.50. The zero-order chi connectivity index (χ0) is 14.3. The Morgan fingerprint density at radius 2 is 2.11 bits per heavy atom. The van der Waals surface area contributed by atoms with Gasteiger partial charge in [0, 0.05) is 18.7 Å². The highest BCUT2D eigenvalue weighted by Gasteiger charge is 2.06. The van der Waals surface area contributed by atoms with Crippen LogP contribution < -0.4 is 11.1 Å². The maximum Gasteiger partial charge on any atom is 0.414 e. The first kappa shape index (κ1) is 14.4. The monoisotopic (exact) mass is 266 g/mol. The number of alkyl carbamates (subject to hydrolysis) is 1. The average molecular weight is 266 g/mol. The van der Waals surface area contributed by atoms with Gasteiger partial charge in [-0.3, -0.25) is 20.4 Å². The van der Waals surface area contributed by atoms with Crippen molar-refractivity contribution in [1.29, 1.82) is 0 Å². The lowest BCUT2D eigenvalue weighted by molar-refractivity contribution is -0.384. The van der Waals surface area contributed by atoms with E-state index >= 15 is 0 Å². The summed E-state index contributed by atoms with van der Waals surface area (Å²) in [5.41, 5.74) is 5.98. The number of hydrogen-bond acceptors (Lipinski definition) is 5. The number of guanidine groups is 1. The van der Waals surface area contributed by atoms with E-state index in [1.165, 1.54) is 24.3 Å². The average Bonchev–Trinajstić information content (AvgIpc) is 2.37. The van der Waals surface area contributed by atoms with Crippen LogP contribution in [-0.4, -0.2) is 23.5 Å². The van der Waals surface area contributed by atoms with Crippen LogP contribution in [0.25, 0.3) is 0 Å². The number of nitrogens with zero attached hydrogens (tertiary/aromatic N) is 2. The second-order valence-corrected chi connectivity index (χ2v) is 3.48. The van der Waals surface area contributed by atoms with Crippen molar-refractivity contribution in [2.24, 2.45) is 10.7 Å². The number of non-ortho nitro benzene ring substituents is 1. The highest BCUT2D eigenvalue weighted by molar-refractivity contribution is 5.92. The minimum absolute atomic E-state index is 0.0107. The molecular formula is C11H14N4O4. The summed E-state index contributed by atoms with van der Waals surface area (Å²) >= 11 is 0. The number of rotatable bonds is 4. The second kappa shape index (κ2) is 6.94. The predicted molar refractivity (Wildman–Crippen MR) is 68.6 cm³/mol. The number of aliphatic imine (C=N–C) groups is 1. The number of carbonyl (C=O) groups is 1. The molecule has 1 amide bonds. The summed E-state index contributed by atoms with van der Waals surface area (Å²) in [6.07, 6.45) is -0.729. The first-order chi connectivity index (χ1) is 9.02. The number of nitro groups is 1. The van der Waals surface area contributed by atoms with E-state index in [-0.39, 0.29) is 18.3 Å². The van der Waals surface area contributed by atoms with Gasteiger partial charge in [0.15, 0.2) is 5.96 Å². The van der Waals surface area contributed by atoms with Crippen LogP contribution in [0.3, 0.4) is 0 Å². The summed E-state index contributed by atoms with van der Waals surface area (Å²) in [6.45, 7) is 2.22. The van der Waals surface area contributed by atoms with Gasteiger partial charge in [-0.2, -0.15) is 0 Å². The standard InChI is InChI=1S/C11H14N4O4/c1-2-13-10(12)14-11(16)19-7-8-3-5-9(6-4-8)15(17)18/h3-6H,2,7H2,1H3,(H3,12,13,14,16). The molecule has 0 aliphatic heterocycles. The molecule has 1 aromatic rings. The Bertz CT molecular complexity index is 484. The van der Waals surface area contributed by atoms with E-state index in [0.29, 0.717) is 12.1 Å². The number of ether oxygens (including phenoxy) is 1. The van der Waals surface area contributed by atoms with Crippen molar-refractivity contribution in [3.05, 3.63) is 39.9 Å². The lowest BCUT2D eigenvalue weighted by Gasteiger charge is -2.06. The summed E-state index contributed by atoms with van der Waals surface area (Å²) in [5.74, 6) is -0.0174. The molecule has 0 bridgehead atoms. The Balaban J connectivity index is 2.46. The van der Waals surface area contributed by atoms with E-state index in [0.717, 1.165) is 0 Å². The number of benzene rings is 1. The highest BCUT2D eigenvalue weighted by Crippen LogP contribution is 2.12. The van der Waals surface area contributed by atoms with Crippen LogP contribution in [0, 0.1) is 10.1 Å². The third-order valence-electron chi connectivity index (χ3n) is 2.08. The van der Waals surface area contributed by atoms with Crippen LogP contribution in [0.2, 0.25) is 0 Å². The molecule has 8 nitrogen and oxygen atoms in total. The van der Waals surface area contributed by atoms with Crippen molar-refractivity contribution >= 4 is 17.7 Å². The number of nitro benzene ring substituents is 1. The molecule has 0 spiro atoms. The Kier molecular flexibility index (Phi) is 5.27. The summed E-state index contributed by atoms with van der Waals surface area (Å²) in [6, 6.07) is 5.69. The summed E-state index contributed by atoms with van der Waals surface area (Å²) in [7, 11) is 0. The van der Waals surface area contributed by atoms with Crippen LogP contribution in [0.4, 0.5) is 10.5 Å². The molecule has 0 unspecified atom stereocenters. The summed E-state index contributed by atoms with van der Waals surface area (Å²) in [5, 5.41) is 12.7. The number of carbonyl (C=O) groups excluding carboxylic acids is 1. The SMILES string of the molecule is CCN=C(N)NC(=O)OCc1ccc([N+](=O)[O-])cc1. The molecule has 0 saturated heterocycles. The van der Waals surface area contributed by atoms with Gasteiger partial charge in [0.2, 0.25) is 0 Å². The maximum atomic E-state index is 11.3. The van der Waals surface area contributed by atoms with Crippen LogP contribution in [0.5, 0.6) is 0 Å². The van der Waals surface area contributed by atoms with E-state index in [2.05, 4.69) is 10.3 Å². The number of nitrogens with one attached hydrogen (secondary N) is 1. The Labute approximate surface area is 109 Å². The molecule has 19 heavy (non-hydrogen) atoms. The third-order valence-corrected chi connectivity index (χ3v) is 2.08. The maximum absolute atomic E-state index is 11.3. The topological polar surface area (TPSA) is 120 Å². The molecule has 0 fully saturated rings. The number of amides is 1. The fraction of sp³-hybridized carbons (Fsp3) is 0.273. The predicted octanol–water partition coefficient (Wildman–Crippen LogP) is 1.16. The number of hydrogen-bond donors (Lipinski definition) is 2. The van der Waals surface area contributed by atoms with E-state index in [1.807, 2.05) is 0 Å². The van der Waals surface area contributed by atoms with Crippen molar-refractivity contribution in [2.45, 2.75) is 13.5 Å². The molecule has 3 N–H and O–H groups in total. The smallest absolute Gasteiger partial charge is 0.414 e. The van der Waals surface area contributed by atoms with Gasteiger partial charge in [-0.15, -0.1) is 0 Å². The molecule has 1 rings (SSSR count). The van der Waals surface area contributed by atoms with Gasteiger partial charge >= 0.3 is 6.09 Å². The van der Waals surface area contributed by atoms with E-state index in [4.69, 9.17) is 10.5 Å². The minimum atomic E-state index is -0.729. The van der Waals surface area contributed by atoms with Crippen LogP contribution in [0.15, 0.2) is 29.3 Å². The lowest BCUT2D eigenvalue weighted by Crippen LogP contribution is -2.37. The first-order valence-corrected chi connectivity index (χ1v) is 5.50. The Morgan fingerprint density at radius 3 is 2.63 bits per heavy atom. The Hall–Kier alpha value is -2.64. The van der Waals surface area contributed by atoms with E-state index < -0.39 is 11.0 Å². The van der Waals surface area contributed by atoms with Gasteiger partial charge < -0.3 is 10.5 Å². The van der Waals surface area contributed by atoms with Gasteiger partial charge in [-0.05, 0) is 24.6 Å². The zero-order valence-electron chi connectivity index (χ0n) is 10.3. The molecular weight excluding hydrogens is 252 g/mol. The lowest BCUT2D eigenvalue weighted by atomic mass is 10.2. The van der Waals surface area contributed by atoms with Crippen molar-refractivity contribution in [3.8, 4) is 0 Å². The molecule has 102 valence electrons. The van der Waals surface area contributed by atoms with Gasteiger partial charge in [0.25, 0.3) is 5.69 Å². The quantitative estimate of drug-likeness (QED) is 0.366. The molecule has 1 aromatic carbocycles. The van der Waals surface area contributed by atoms with Crippen molar-refractivity contribution in [1.82, 2.24) is 5.32 Å². The molecule has 0 radical (unpaired) electrons. The number of nitrogens with two attached hydrogens (primary N) is 1. The second-order valence-electron chi connectivity index (χ2n) is 3.48. The Morgan fingerprint density at radius 1 is 1.47 bits per heavy atom. The molecule has 8 heteroatoms. The van der Waals surface area contributed by atoms with Crippen LogP contribution in [-0.2, 0) is 11.3 Å². The van der Waals surface area contributed by atoms with Crippen molar-refractivity contribution in [2.75, 3.05) is 6.54 Å². The fourth-order valence-corrected chi connectivity index (χ4v) is 1.21. The highest BCUT2D eigenvalue weighted by atomic mass is 16.6. The molecule has 0 aromatic heterocycles. The van der Waals surface area contributed by atoms with Gasteiger partial charge in [-0.1, -0.05) is 0 Å². The molecule has 0 aliphatic rings. The van der Waals surface area contributed by atoms with Crippen molar-refractivity contribution < 1.29 is 14.5 Å². The van der Waals surface area contributed by atoms with E-state index in [9.17, 15) is 14.9 Å². The molecule has 0 atom stereocenters. The van der Waals surface area contributed by atoms with Crippen LogP contribution >= 0.6 is 0 Å². The summed E-state index contributed by atoms with van der Waals surface area (Å²) in [4.78, 5) is 25.0. The minimum Gasteiger partial charge on any atom is -0.444 e. The third kappa shape index (κ3) is 5.02. The molecule has 0 heterocycles. The van der Waals surface area contributed by atoms with Gasteiger partial charge in [0.1, 0.15) is 6.61 Å². The normalized spacial score (nSPS) is 10.9. The largest absolute Gasteiger partial charge is 0.444 e. The van der Waals surface area contributed by atoms with E-state index in [1.54, 1.807) is 6.92 Å². The van der Waals surface area contributed by atoms with Gasteiger partial charge in [0.05, 0.1) is 4.92 Å². The molecule has 0 aliphatic carbocycles. The summed E-state index contributed by atoms with van der Waals surface area (Å²) < 4.78 is 4.86. The zero-order valence-corrected chi connectivity index (χ0v) is 10.3. The van der Waals surface area contributed by atoms with Crippen LogP contribution in [0.1, 0.15) is 12.5 Å². The van der Waals surface area contributed by atoms with Crippen molar-refractivity contribution in [3.63, 3.8) is 0 Å². The van der Waals surface area contributed by atoms with Gasteiger partial charge in [-0.25, -0.2) is 4.79 Å². The molecule has 0 saturated carbocycles.